The third kappa shape index (κ3) is 5.58. The van der Waals surface area contributed by atoms with Crippen molar-refractivity contribution in [2.75, 3.05) is 6.54 Å². The highest BCUT2D eigenvalue weighted by molar-refractivity contribution is 5.96. The van der Waals surface area contributed by atoms with E-state index >= 15 is 0 Å². The molecule has 0 heterocycles. The summed E-state index contributed by atoms with van der Waals surface area (Å²) in [5, 5.41) is 11.7. The van der Waals surface area contributed by atoms with E-state index in [1.165, 1.54) is 0 Å². The van der Waals surface area contributed by atoms with Crippen molar-refractivity contribution in [3.63, 3.8) is 0 Å². The highest BCUT2D eigenvalue weighted by Gasteiger charge is 2.25. The molecule has 2 N–H and O–H groups in total. The first kappa shape index (κ1) is 15.3. The predicted octanol–water partition coefficient (Wildman–Crippen LogP) is 2.99. The van der Waals surface area contributed by atoms with E-state index in [0.717, 1.165) is 18.2 Å². The Morgan fingerprint density at radius 2 is 1.95 bits per heavy atom. The number of halogens is 4. The first-order valence-corrected chi connectivity index (χ1v) is 5.63. The number of nitrogens with one attached hydrogen (secondary N) is 1. The summed E-state index contributed by atoms with van der Waals surface area (Å²) in [6, 6.07) is 2.89. The second-order valence-corrected chi connectivity index (χ2v) is 3.99. The van der Waals surface area contributed by atoms with Gasteiger partial charge in [0.15, 0.2) is 0 Å². The van der Waals surface area contributed by atoms with Gasteiger partial charge in [-0.3, -0.25) is 4.79 Å². The third-order valence-electron chi connectivity index (χ3n) is 2.38. The number of phenols is 1. The maximum absolute atomic E-state index is 12.9. The van der Waals surface area contributed by atoms with Gasteiger partial charge in [0.2, 0.25) is 0 Å². The second kappa shape index (κ2) is 6.40. The lowest BCUT2D eigenvalue weighted by molar-refractivity contribution is -0.135. The molecule has 0 unspecified atom stereocenters. The molecule has 1 rings (SSSR count). The largest absolute Gasteiger partial charge is 0.507 e. The molecule has 1 aromatic rings. The van der Waals surface area contributed by atoms with E-state index in [-0.39, 0.29) is 30.7 Å². The van der Waals surface area contributed by atoms with Crippen LogP contribution in [-0.4, -0.2) is 23.7 Å². The molecule has 1 aromatic carbocycles. The fraction of sp³-hybridized carbons (Fsp3) is 0.417. The topological polar surface area (TPSA) is 49.3 Å². The van der Waals surface area contributed by atoms with Gasteiger partial charge in [-0.1, -0.05) is 0 Å². The Kier molecular flexibility index (Phi) is 5.14. The Morgan fingerprint density at radius 1 is 1.26 bits per heavy atom. The zero-order chi connectivity index (χ0) is 14.5. The van der Waals surface area contributed by atoms with Gasteiger partial charge >= 0.3 is 6.18 Å². The first-order valence-electron chi connectivity index (χ1n) is 5.63. The number of aromatic hydroxyl groups is 1. The SMILES string of the molecule is O=C(NCCCCC(F)(F)F)c1cc(F)ccc1O. The normalized spacial score (nSPS) is 11.4. The third-order valence-corrected chi connectivity index (χ3v) is 2.38. The molecule has 0 radical (unpaired) electrons. The average molecular weight is 279 g/mol. The van der Waals surface area contributed by atoms with Crippen LogP contribution in [-0.2, 0) is 0 Å². The van der Waals surface area contributed by atoms with Crippen molar-refractivity contribution in [1.29, 1.82) is 0 Å². The van der Waals surface area contributed by atoms with E-state index in [0.29, 0.717) is 0 Å². The zero-order valence-electron chi connectivity index (χ0n) is 9.93. The van der Waals surface area contributed by atoms with Crippen molar-refractivity contribution >= 4 is 5.91 Å². The lowest BCUT2D eigenvalue weighted by Crippen LogP contribution is -2.25. The van der Waals surface area contributed by atoms with Crippen LogP contribution in [0, 0.1) is 5.82 Å². The molecule has 3 nitrogen and oxygen atoms in total. The monoisotopic (exact) mass is 279 g/mol. The molecule has 0 saturated heterocycles. The van der Waals surface area contributed by atoms with Crippen LogP contribution in [0.4, 0.5) is 17.6 Å². The number of rotatable bonds is 5. The van der Waals surface area contributed by atoms with Crippen LogP contribution in [0.1, 0.15) is 29.6 Å². The molecule has 19 heavy (non-hydrogen) atoms. The lowest BCUT2D eigenvalue weighted by Gasteiger charge is -2.08. The fourth-order valence-electron chi connectivity index (χ4n) is 1.44. The molecular weight excluding hydrogens is 266 g/mol. The summed E-state index contributed by atoms with van der Waals surface area (Å²) in [6.07, 6.45) is -5.06. The Balaban J connectivity index is 2.38. The van der Waals surface area contributed by atoms with Gasteiger partial charge in [0.05, 0.1) is 5.56 Å². The number of phenolic OH excluding ortho intramolecular Hbond substituents is 1. The molecular formula is C12H13F4NO2. The Hall–Kier alpha value is -1.79. The van der Waals surface area contributed by atoms with Crippen molar-refractivity contribution in [2.24, 2.45) is 0 Å². The number of carbonyl (C=O) groups excluding carboxylic acids is 1. The first-order chi connectivity index (χ1) is 8.79. The fourth-order valence-corrected chi connectivity index (χ4v) is 1.44. The number of hydrogen-bond donors (Lipinski definition) is 2. The van der Waals surface area contributed by atoms with Crippen molar-refractivity contribution in [3.8, 4) is 5.75 Å². The molecule has 1 amide bonds. The van der Waals surface area contributed by atoms with Gasteiger partial charge in [-0.25, -0.2) is 4.39 Å². The van der Waals surface area contributed by atoms with E-state index in [9.17, 15) is 27.5 Å². The molecule has 0 aliphatic heterocycles. The van der Waals surface area contributed by atoms with Gasteiger partial charge in [0.25, 0.3) is 5.91 Å². The van der Waals surface area contributed by atoms with Crippen molar-refractivity contribution in [1.82, 2.24) is 5.32 Å². The van der Waals surface area contributed by atoms with Crippen LogP contribution < -0.4 is 5.32 Å². The highest BCUT2D eigenvalue weighted by atomic mass is 19.4. The predicted molar refractivity (Wildman–Crippen MR) is 60.3 cm³/mol. The van der Waals surface area contributed by atoms with Crippen LogP contribution in [0.5, 0.6) is 5.75 Å². The molecule has 0 bridgehead atoms. The van der Waals surface area contributed by atoms with E-state index < -0.39 is 24.3 Å². The summed E-state index contributed by atoms with van der Waals surface area (Å²) in [5.74, 6) is -1.78. The van der Waals surface area contributed by atoms with Gasteiger partial charge in [-0.2, -0.15) is 13.2 Å². The number of hydrogen-bond acceptors (Lipinski definition) is 2. The maximum Gasteiger partial charge on any atom is 0.389 e. The Bertz CT molecular complexity index is 446. The molecule has 0 aliphatic rings. The van der Waals surface area contributed by atoms with Crippen LogP contribution >= 0.6 is 0 Å². The second-order valence-electron chi connectivity index (χ2n) is 3.99. The van der Waals surface area contributed by atoms with Crippen molar-refractivity contribution in [3.05, 3.63) is 29.6 Å². The average Bonchev–Trinajstić information content (AvgIpc) is 2.30. The van der Waals surface area contributed by atoms with Crippen molar-refractivity contribution in [2.45, 2.75) is 25.4 Å². The molecule has 0 fully saturated rings. The van der Waals surface area contributed by atoms with Gasteiger partial charge in [-0.15, -0.1) is 0 Å². The minimum Gasteiger partial charge on any atom is -0.507 e. The summed E-state index contributed by atoms with van der Waals surface area (Å²) < 4.78 is 48.4. The molecule has 0 aromatic heterocycles. The standard InChI is InChI=1S/C12H13F4NO2/c13-8-3-4-10(18)9(7-8)11(19)17-6-2-1-5-12(14,15)16/h3-4,7,18H,1-2,5-6H2,(H,17,19). The minimum atomic E-state index is -4.20. The van der Waals surface area contributed by atoms with Crippen LogP contribution in [0.15, 0.2) is 18.2 Å². The molecule has 0 aliphatic carbocycles. The summed E-state index contributed by atoms with van der Waals surface area (Å²) >= 11 is 0. The van der Waals surface area contributed by atoms with Gasteiger partial charge < -0.3 is 10.4 Å². The lowest BCUT2D eigenvalue weighted by atomic mass is 10.1. The van der Waals surface area contributed by atoms with E-state index in [4.69, 9.17) is 0 Å². The molecule has 0 saturated carbocycles. The van der Waals surface area contributed by atoms with Crippen molar-refractivity contribution < 1.29 is 27.5 Å². The Labute approximate surface area is 107 Å². The smallest absolute Gasteiger partial charge is 0.389 e. The number of alkyl halides is 3. The van der Waals surface area contributed by atoms with Gasteiger partial charge in [-0.05, 0) is 31.0 Å². The number of amides is 1. The summed E-state index contributed by atoms with van der Waals surface area (Å²) in [7, 11) is 0. The van der Waals surface area contributed by atoms with Gasteiger partial charge in [0.1, 0.15) is 11.6 Å². The zero-order valence-corrected chi connectivity index (χ0v) is 9.93. The number of carbonyl (C=O) groups is 1. The molecule has 0 spiro atoms. The summed E-state index contributed by atoms with van der Waals surface area (Å²) in [6.45, 7) is 0.0326. The summed E-state index contributed by atoms with van der Waals surface area (Å²) in [5.41, 5.74) is -0.240. The van der Waals surface area contributed by atoms with Gasteiger partial charge in [0, 0.05) is 13.0 Å². The van der Waals surface area contributed by atoms with Crippen LogP contribution in [0.25, 0.3) is 0 Å². The number of benzene rings is 1. The highest BCUT2D eigenvalue weighted by Crippen LogP contribution is 2.22. The van der Waals surface area contributed by atoms with E-state index in [1.807, 2.05) is 0 Å². The van der Waals surface area contributed by atoms with E-state index in [1.54, 1.807) is 0 Å². The van der Waals surface area contributed by atoms with Crippen LogP contribution in [0.2, 0.25) is 0 Å². The van der Waals surface area contributed by atoms with Crippen LogP contribution in [0.3, 0.4) is 0 Å². The minimum absolute atomic E-state index is 0.0326. The summed E-state index contributed by atoms with van der Waals surface area (Å²) in [4.78, 5) is 11.5. The Morgan fingerprint density at radius 3 is 2.58 bits per heavy atom. The maximum atomic E-state index is 12.9. The van der Waals surface area contributed by atoms with E-state index in [2.05, 4.69) is 5.32 Å². The molecule has 106 valence electrons. The number of unbranched alkanes of at least 4 members (excludes halogenated alkanes) is 1. The molecule has 7 heteroatoms. The molecule has 0 atom stereocenters. The quantitative estimate of drug-likeness (QED) is 0.643.